The first-order valence-electron chi connectivity index (χ1n) is 19.8. The first-order valence-corrected chi connectivity index (χ1v) is 21.3. The monoisotopic (exact) mass is 774 g/mol. The zero-order chi connectivity index (χ0) is 39.8. The van der Waals surface area contributed by atoms with Crippen molar-refractivity contribution in [1.29, 1.82) is 0 Å². The molecule has 10 rings (SSSR count). The Labute approximate surface area is 345 Å². The molecule has 0 aliphatic carbocycles. The summed E-state index contributed by atoms with van der Waals surface area (Å²) in [4.78, 5) is 0.501. The quantitative estimate of drug-likeness (QED) is 0.154. The Kier molecular flexibility index (Phi) is 9.29. The highest BCUT2D eigenvalue weighted by molar-refractivity contribution is 7.91. The predicted octanol–water partition coefficient (Wildman–Crippen LogP) is 14.8. The highest BCUT2D eigenvalue weighted by Crippen LogP contribution is 2.50. The molecular weight excluding hydrogens is 737 g/mol. The fraction of sp³-hybridized carbons (Fsp3) is 0. The minimum atomic E-state index is -4.24. The maximum absolute atomic E-state index is 16.1. The highest BCUT2D eigenvalue weighted by Gasteiger charge is 2.32. The van der Waals surface area contributed by atoms with Crippen molar-refractivity contribution >= 4 is 31.4 Å². The Hall–Kier alpha value is -7.33. The lowest BCUT2D eigenvalue weighted by atomic mass is 9.86. The third kappa shape index (κ3) is 6.43. The van der Waals surface area contributed by atoms with Crippen LogP contribution in [0.2, 0.25) is 0 Å². The van der Waals surface area contributed by atoms with Crippen molar-refractivity contribution in [3.8, 4) is 66.8 Å². The van der Waals surface area contributed by atoms with Gasteiger partial charge in [-0.2, -0.15) is 0 Å². The molecule has 0 unspecified atom stereocenters. The van der Waals surface area contributed by atoms with Gasteiger partial charge in [0.25, 0.3) is 0 Å². The summed E-state index contributed by atoms with van der Waals surface area (Å²) in [6.45, 7) is 0. The molecule has 280 valence electrons. The van der Waals surface area contributed by atoms with Crippen LogP contribution in [0.5, 0.6) is 0 Å². The van der Waals surface area contributed by atoms with Crippen LogP contribution in [-0.2, 0) is 9.84 Å². The molecule has 0 aliphatic rings. The van der Waals surface area contributed by atoms with Gasteiger partial charge in [0.15, 0.2) is 0 Å². The molecule has 0 bridgehead atoms. The van der Waals surface area contributed by atoms with E-state index in [4.69, 9.17) is 0 Å². The summed E-state index contributed by atoms with van der Waals surface area (Å²) >= 11 is 0. The fourth-order valence-electron chi connectivity index (χ4n) is 8.70. The van der Waals surface area contributed by atoms with Gasteiger partial charge >= 0.3 is 0 Å². The molecule has 0 aliphatic heterocycles. The van der Waals surface area contributed by atoms with Gasteiger partial charge in [0, 0.05) is 11.1 Å². The van der Waals surface area contributed by atoms with Crippen LogP contribution >= 0.6 is 0 Å². The molecule has 0 saturated heterocycles. The second kappa shape index (κ2) is 15.2. The standard InChI is InChI=1S/C56H38O2S/c57-59(58,51-37-35-49(47-33-17-29-39-19-13-15-31-45(39)47)53(41-21-5-1-6-22-41)55(51)43-25-9-3-10-26-43)52-38-36-50(48-34-18-30-40-20-14-16-32-46(40)48)54(42-23-7-2-8-24-42)56(52)44-27-11-4-12-28-44/h1-38H. The Morgan fingerprint density at radius 1 is 0.237 bits per heavy atom. The van der Waals surface area contributed by atoms with Crippen LogP contribution in [-0.4, -0.2) is 8.42 Å². The Bertz CT molecular complexity index is 3020. The number of rotatable bonds is 8. The molecule has 59 heavy (non-hydrogen) atoms. The molecule has 0 fully saturated rings. The van der Waals surface area contributed by atoms with E-state index in [1.807, 2.05) is 121 Å². The van der Waals surface area contributed by atoms with Gasteiger partial charge in [0.05, 0.1) is 9.79 Å². The van der Waals surface area contributed by atoms with Crippen LogP contribution in [0.15, 0.2) is 240 Å². The van der Waals surface area contributed by atoms with Crippen molar-refractivity contribution in [3.63, 3.8) is 0 Å². The maximum atomic E-state index is 16.1. The predicted molar refractivity (Wildman–Crippen MR) is 246 cm³/mol. The van der Waals surface area contributed by atoms with Crippen molar-refractivity contribution in [1.82, 2.24) is 0 Å². The summed E-state index contributed by atoms with van der Waals surface area (Å²) < 4.78 is 32.2. The van der Waals surface area contributed by atoms with Crippen molar-refractivity contribution in [2.45, 2.75) is 9.79 Å². The minimum absolute atomic E-state index is 0.251. The zero-order valence-corrected chi connectivity index (χ0v) is 33.0. The third-order valence-corrected chi connectivity index (χ3v) is 13.2. The van der Waals surface area contributed by atoms with E-state index in [0.29, 0.717) is 11.1 Å². The summed E-state index contributed by atoms with van der Waals surface area (Å²) in [6, 6.07) is 77.4. The SMILES string of the molecule is O=S(=O)(c1ccc(-c2cccc3ccccc23)c(-c2ccccc2)c1-c1ccccc1)c1ccc(-c2cccc3ccccc23)c(-c2ccccc2)c1-c1ccccc1. The first-order chi connectivity index (χ1) is 29.1. The second-order valence-corrected chi connectivity index (χ2v) is 16.6. The van der Waals surface area contributed by atoms with E-state index in [2.05, 4.69) is 109 Å². The van der Waals surface area contributed by atoms with Gasteiger partial charge in [-0.15, -0.1) is 0 Å². The average molecular weight is 775 g/mol. The Balaban J connectivity index is 1.33. The van der Waals surface area contributed by atoms with Gasteiger partial charge < -0.3 is 0 Å². The topological polar surface area (TPSA) is 34.1 Å². The van der Waals surface area contributed by atoms with E-state index in [1.165, 1.54) is 0 Å². The fourth-order valence-corrected chi connectivity index (χ4v) is 10.4. The Morgan fingerprint density at radius 3 is 0.915 bits per heavy atom. The molecule has 0 aromatic heterocycles. The van der Waals surface area contributed by atoms with Gasteiger partial charge in [0.1, 0.15) is 0 Å². The lowest BCUT2D eigenvalue weighted by Crippen LogP contribution is -2.09. The van der Waals surface area contributed by atoms with E-state index in [1.54, 1.807) is 0 Å². The van der Waals surface area contributed by atoms with Gasteiger partial charge in [-0.05, 0) is 89.3 Å². The second-order valence-electron chi connectivity index (χ2n) is 14.7. The van der Waals surface area contributed by atoms with Crippen molar-refractivity contribution in [3.05, 3.63) is 231 Å². The number of fused-ring (bicyclic) bond motifs is 2. The van der Waals surface area contributed by atoms with Crippen LogP contribution in [0, 0.1) is 0 Å². The molecule has 0 atom stereocenters. The van der Waals surface area contributed by atoms with E-state index in [0.717, 1.165) is 77.2 Å². The van der Waals surface area contributed by atoms with Crippen LogP contribution in [0.4, 0.5) is 0 Å². The molecule has 0 heterocycles. The van der Waals surface area contributed by atoms with E-state index >= 15 is 8.42 Å². The van der Waals surface area contributed by atoms with Crippen LogP contribution in [0.3, 0.4) is 0 Å². The first kappa shape index (κ1) is 36.0. The summed E-state index contributed by atoms with van der Waals surface area (Å²) in [5, 5.41) is 4.44. The molecule has 2 nitrogen and oxygen atoms in total. The molecule has 10 aromatic rings. The van der Waals surface area contributed by atoms with Crippen molar-refractivity contribution < 1.29 is 8.42 Å². The van der Waals surface area contributed by atoms with Crippen molar-refractivity contribution in [2.24, 2.45) is 0 Å². The molecule has 0 N–H and O–H groups in total. The number of sulfone groups is 1. The number of benzene rings is 10. The summed E-state index contributed by atoms with van der Waals surface area (Å²) in [6.07, 6.45) is 0. The normalized spacial score (nSPS) is 11.5. The van der Waals surface area contributed by atoms with Gasteiger partial charge in [-0.25, -0.2) is 8.42 Å². The van der Waals surface area contributed by atoms with Gasteiger partial charge in [-0.1, -0.05) is 218 Å². The van der Waals surface area contributed by atoms with Crippen LogP contribution < -0.4 is 0 Å². The van der Waals surface area contributed by atoms with Crippen LogP contribution in [0.25, 0.3) is 88.3 Å². The zero-order valence-electron chi connectivity index (χ0n) is 32.2. The smallest absolute Gasteiger partial charge is 0.207 e. The highest BCUT2D eigenvalue weighted by atomic mass is 32.2. The van der Waals surface area contributed by atoms with Crippen LogP contribution in [0.1, 0.15) is 0 Å². The lowest BCUT2D eigenvalue weighted by Gasteiger charge is -2.24. The van der Waals surface area contributed by atoms with Gasteiger partial charge in [-0.3, -0.25) is 0 Å². The molecule has 0 saturated carbocycles. The molecule has 3 heteroatoms. The lowest BCUT2D eigenvalue weighted by molar-refractivity contribution is 0.596. The third-order valence-electron chi connectivity index (χ3n) is 11.3. The molecule has 0 spiro atoms. The average Bonchev–Trinajstić information content (AvgIpc) is 3.31. The van der Waals surface area contributed by atoms with E-state index in [9.17, 15) is 0 Å². The molecular formula is C56H38O2S. The van der Waals surface area contributed by atoms with E-state index < -0.39 is 9.84 Å². The maximum Gasteiger partial charge on any atom is 0.207 e. The summed E-state index contributed by atoms with van der Waals surface area (Å²) in [5.74, 6) is 0. The molecule has 0 radical (unpaired) electrons. The largest absolute Gasteiger partial charge is 0.218 e. The molecule has 10 aromatic carbocycles. The van der Waals surface area contributed by atoms with Crippen molar-refractivity contribution in [2.75, 3.05) is 0 Å². The van der Waals surface area contributed by atoms with Gasteiger partial charge in [0.2, 0.25) is 9.84 Å². The Morgan fingerprint density at radius 2 is 0.542 bits per heavy atom. The number of hydrogen-bond donors (Lipinski definition) is 0. The number of hydrogen-bond acceptors (Lipinski definition) is 2. The minimum Gasteiger partial charge on any atom is -0.218 e. The summed E-state index contributed by atoms with van der Waals surface area (Å²) in [5.41, 5.74) is 10.6. The van der Waals surface area contributed by atoms with E-state index in [-0.39, 0.29) is 9.79 Å². The molecule has 0 amide bonds. The summed E-state index contributed by atoms with van der Waals surface area (Å²) in [7, 11) is -4.24.